The van der Waals surface area contributed by atoms with Gasteiger partial charge in [0.15, 0.2) is 0 Å². The molecule has 0 aliphatic heterocycles. The second-order valence-electron chi connectivity index (χ2n) is 5.41. The highest BCUT2D eigenvalue weighted by atomic mass is 19.4. The van der Waals surface area contributed by atoms with E-state index in [0.29, 0.717) is 5.76 Å². The highest BCUT2D eigenvalue weighted by Crippen LogP contribution is 2.27. The second kappa shape index (κ2) is 6.56. The Hall–Kier alpha value is -2.48. The smallest absolute Gasteiger partial charge is 0.463 e. The lowest BCUT2D eigenvalue weighted by Crippen LogP contribution is -2.38. The molecular formula is C16H16F3NO4. The minimum absolute atomic E-state index is 0.236. The second-order valence-corrected chi connectivity index (χ2v) is 5.41. The van der Waals surface area contributed by atoms with Gasteiger partial charge in [0.25, 0.3) is 5.91 Å². The first-order chi connectivity index (χ1) is 11.1. The molecule has 0 bridgehead atoms. The number of carbonyl (C=O) groups is 1. The number of hydrogen-bond acceptors (Lipinski definition) is 4. The average Bonchev–Trinajstić information content (AvgIpc) is 2.91. The van der Waals surface area contributed by atoms with Crippen molar-refractivity contribution in [3.8, 4) is 5.75 Å². The van der Waals surface area contributed by atoms with Crippen molar-refractivity contribution in [2.45, 2.75) is 25.8 Å². The van der Waals surface area contributed by atoms with E-state index in [-0.39, 0.29) is 17.9 Å². The van der Waals surface area contributed by atoms with E-state index < -0.39 is 23.6 Å². The molecule has 0 aliphatic rings. The number of amides is 1. The fourth-order valence-electron chi connectivity index (χ4n) is 2.03. The molecule has 1 aromatic heterocycles. The van der Waals surface area contributed by atoms with Crippen molar-refractivity contribution in [3.05, 3.63) is 53.5 Å². The molecule has 24 heavy (non-hydrogen) atoms. The van der Waals surface area contributed by atoms with E-state index in [4.69, 9.17) is 4.42 Å². The lowest BCUT2D eigenvalue weighted by Gasteiger charge is -2.21. The molecule has 2 N–H and O–H groups in total. The molecule has 1 atom stereocenters. The van der Waals surface area contributed by atoms with Gasteiger partial charge in [-0.05, 0) is 38.1 Å². The summed E-state index contributed by atoms with van der Waals surface area (Å²) in [7, 11) is 0. The Kier molecular flexibility index (Phi) is 4.88. The normalized spacial score (nSPS) is 14.1. The number of alkyl halides is 3. The Morgan fingerprint density at radius 3 is 2.50 bits per heavy atom. The summed E-state index contributed by atoms with van der Waals surface area (Å²) in [6.07, 6.45) is -4.91. The number of hydrogen-bond donors (Lipinski definition) is 2. The first kappa shape index (κ1) is 17.9. The zero-order chi connectivity index (χ0) is 18.0. The van der Waals surface area contributed by atoms with Gasteiger partial charge in [-0.25, -0.2) is 0 Å². The molecule has 0 spiro atoms. The zero-order valence-electron chi connectivity index (χ0n) is 13.0. The van der Waals surface area contributed by atoms with Crippen LogP contribution in [-0.4, -0.2) is 23.9 Å². The van der Waals surface area contributed by atoms with E-state index in [1.807, 2.05) is 0 Å². The third-order valence-electron chi connectivity index (χ3n) is 3.22. The summed E-state index contributed by atoms with van der Waals surface area (Å²) in [5, 5.41) is 12.7. The van der Waals surface area contributed by atoms with Crippen LogP contribution >= 0.6 is 0 Å². The van der Waals surface area contributed by atoms with Crippen LogP contribution in [0, 0.1) is 6.92 Å². The third kappa shape index (κ3) is 4.51. The third-order valence-corrected chi connectivity index (χ3v) is 3.22. The van der Waals surface area contributed by atoms with Gasteiger partial charge >= 0.3 is 6.36 Å². The van der Waals surface area contributed by atoms with Gasteiger partial charge in [-0.1, -0.05) is 12.1 Å². The molecule has 1 aromatic carbocycles. The quantitative estimate of drug-likeness (QED) is 0.875. The Bertz CT molecular complexity index is 722. The first-order valence-electron chi connectivity index (χ1n) is 7.01. The van der Waals surface area contributed by atoms with Crippen molar-refractivity contribution in [3.63, 3.8) is 0 Å². The maximum atomic E-state index is 12.4. The van der Waals surface area contributed by atoms with E-state index in [0.717, 1.165) is 6.07 Å². The molecule has 2 rings (SSSR count). The van der Waals surface area contributed by atoms with Gasteiger partial charge < -0.3 is 19.6 Å². The van der Waals surface area contributed by atoms with Gasteiger partial charge in [0.1, 0.15) is 22.9 Å². The molecule has 1 amide bonds. The molecule has 5 nitrogen and oxygen atoms in total. The van der Waals surface area contributed by atoms with E-state index in [9.17, 15) is 23.1 Å². The number of benzene rings is 1. The number of aliphatic hydroxyl groups is 1. The first-order valence-corrected chi connectivity index (χ1v) is 7.01. The number of rotatable bonds is 5. The topological polar surface area (TPSA) is 71.7 Å². The lowest BCUT2D eigenvalue weighted by molar-refractivity contribution is -0.274. The van der Waals surface area contributed by atoms with Crippen LogP contribution in [-0.2, 0) is 5.60 Å². The summed E-state index contributed by atoms with van der Waals surface area (Å²) in [5.41, 5.74) is -1.80. The number of ether oxygens (including phenoxy) is 1. The number of carbonyl (C=O) groups excluding carboxylic acids is 1. The molecule has 1 heterocycles. The van der Waals surface area contributed by atoms with Gasteiger partial charge in [0.2, 0.25) is 0 Å². The van der Waals surface area contributed by atoms with Crippen LogP contribution in [0.2, 0.25) is 0 Å². The van der Waals surface area contributed by atoms with Gasteiger partial charge in [-0.15, -0.1) is 13.2 Å². The molecule has 2 aromatic rings. The van der Waals surface area contributed by atoms with Crippen LogP contribution in [0.5, 0.6) is 5.75 Å². The summed E-state index contributed by atoms with van der Waals surface area (Å²) in [6.45, 7) is 2.87. The van der Waals surface area contributed by atoms with E-state index in [1.165, 1.54) is 25.1 Å². The number of furan rings is 1. The SMILES string of the molecule is Cc1ccc(C(C)(O)CNC(=O)c2ccccc2OC(F)(F)F)o1. The van der Waals surface area contributed by atoms with Gasteiger partial charge in [0, 0.05) is 0 Å². The van der Waals surface area contributed by atoms with Crippen molar-refractivity contribution >= 4 is 5.91 Å². The molecular weight excluding hydrogens is 327 g/mol. The van der Waals surface area contributed by atoms with Crippen molar-refractivity contribution in [1.82, 2.24) is 5.32 Å². The minimum Gasteiger partial charge on any atom is -0.463 e. The standard InChI is InChI=1S/C16H16F3NO4/c1-10-7-8-13(23-10)15(2,22)9-20-14(21)11-5-3-4-6-12(11)24-16(17,18)19/h3-8,22H,9H2,1-2H3,(H,20,21). The number of aryl methyl sites for hydroxylation is 1. The predicted molar refractivity (Wildman–Crippen MR) is 78.5 cm³/mol. The van der Waals surface area contributed by atoms with Gasteiger partial charge in [-0.3, -0.25) is 4.79 Å². The van der Waals surface area contributed by atoms with Crippen LogP contribution in [0.4, 0.5) is 13.2 Å². The summed E-state index contributed by atoms with van der Waals surface area (Å²) >= 11 is 0. The van der Waals surface area contributed by atoms with Crippen molar-refractivity contribution in [1.29, 1.82) is 0 Å². The molecule has 8 heteroatoms. The van der Waals surface area contributed by atoms with E-state index in [1.54, 1.807) is 19.1 Å². The highest BCUT2D eigenvalue weighted by molar-refractivity contribution is 5.96. The Morgan fingerprint density at radius 1 is 1.25 bits per heavy atom. The molecule has 0 aliphatic carbocycles. The van der Waals surface area contributed by atoms with Crippen LogP contribution in [0.3, 0.4) is 0 Å². The molecule has 0 saturated carbocycles. The zero-order valence-corrected chi connectivity index (χ0v) is 13.0. The minimum atomic E-state index is -4.91. The summed E-state index contributed by atoms with van der Waals surface area (Å²) in [6, 6.07) is 8.17. The number of nitrogens with one attached hydrogen (secondary N) is 1. The Morgan fingerprint density at radius 2 is 1.92 bits per heavy atom. The predicted octanol–water partition coefficient (Wildman–Crippen LogP) is 3.12. The average molecular weight is 343 g/mol. The molecule has 130 valence electrons. The lowest BCUT2D eigenvalue weighted by atomic mass is 10.0. The van der Waals surface area contributed by atoms with Crippen LogP contribution in [0.1, 0.15) is 28.8 Å². The molecule has 1 unspecified atom stereocenters. The fourth-order valence-corrected chi connectivity index (χ4v) is 2.03. The van der Waals surface area contributed by atoms with Crippen molar-refractivity contribution in [2.75, 3.05) is 6.54 Å². The van der Waals surface area contributed by atoms with E-state index in [2.05, 4.69) is 10.1 Å². The summed E-state index contributed by atoms with van der Waals surface area (Å²) in [4.78, 5) is 12.1. The fraction of sp³-hybridized carbons (Fsp3) is 0.312. The van der Waals surface area contributed by atoms with Gasteiger partial charge in [-0.2, -0.15) is 0 Å². The summed E-state index contributed by atoms with van der Waals surface area (Å²) in [5.74, 6) is -0.602. The number of halogens is 3. The molecule has 0 radical (unpaired) electrons. The monoisotopic (exact) mass is 343 g/mol. The summed E-state index contributed by atoms with van der Waals surface area (Å²) < 4.78 is 46.3. The van der Waals surface area contributed by atoms with Crippen molar-refractivity contribution in [2.24, 2.45) is 0 Å². The maximum Gasteiger partial charge on any atom is 0.573 e. The van der Waals surface area contributed by atoms with Crippen LogP contribution < -0.4 is 10.1 Å². The van der Waals surface area contributed by atoms with Crippen molar-refractivity contribution < 1.29 is 32.2 Å². The Balaban J connectivity index is 2.10. The van der Waals surface area contributed by atoms with Crippen LogP contribution in [0.25, 0.3) is 0 Å². The molecule has 0 saturated heterocycles. The van der Waals surface area contributed by atoms with E-state index >= 15 is 0 Å². The largest absolute Gasteiger partial charge is 0.573 e. The highest BCUT2D eigenvalue weighted by Gasteiger charge is 2.33. The van der Waals surface area contributed by atoms with Crippen LogP contribution in [0.15, 0.2) is 40.8 Å². The van der Waals surface area contributed by atoms with Gasteiger partial charge in [0.05, 0.1) is 12.1 Å². The maximum absolute atomic E-state index is 12.4. The number of para-hydroxylation sites is 1. The molecule has 0 fully saturated rings. The Labute approximate surface area is 136 Å².